The minimum absolute atomic E-state index is 0.0789. The van der Waals surface area contributed by atoms with Crippen molar-refractivity contribution in [1.82, 2.24) is 10.2 Å². The second kappa shape index (κ2) is 7.00. The third-order valence-electron chi connectivity index (χ3n) is 3.29. The molecule has 0 saturated heterocycles. The summed E-state index contributed by atoms with van der Waals surface area (Å²) in [7, 11) is 0. The van der Waals surface area contributed by atoms with E-state index in [2.05, 4.69) is 20.8 Å². The highest BCUT2D eigenvalue weighted by molar-refractivity contribution is 6.31. The van der Waals surface area contributed by atoms with Crippen LogP contribution in [-0.4, -0.2) is 16.1 Å². The Morgan fingerprint density at radius 1 is 1.16 bits per heavy atom. The first-order valence-electron chi connectivity index (χ1n) is 7.07. The van der Waals surface area contributed by atoms with Crippen LogP contribution in [0.15, 0.2) is 42.5 Å². The molecule has 0 atom stereocenters. The molecule has 2 aromatic carbocycles. The lowest BCUT2D eigenvalue weighted by molar-refractivity contribution is 0.102. The van der Waals surface area contributed by atoms with Crippen LogP contribution in [0.4, 0.5) is 27.4 Å². The number of amides is 1. The molecule has 0 aliphatic carbocycles. The van der Waals surface area contributed by atoms with Crippen molar-refractivity contribution in [3.05, 3.63) is 63.9 Å². The molecule has 9 heteroatoms. The number of hydrogen-bond donors (Lipinski definition) is 4. The lowest BCUT2D eigenvalue weighted by atomic mass is 10.2. The number of rotatable bonds is 4. The smallest absolute Gasteiger partial charge is 0.263 e. The molecule has 0 unspecified atom stereocenters. The monoisotopic (exact) mass is 379 g/mol. The number of halogens is 3. The molecule has 1 heterocycles. The lowest BCUT2D eigenvalue weighted by Crippen LogP contribution is -2.14. The molecule has 5 N–H and O–H groups in total. The molecule has 25 heavy (non-hydrogen) atoms. The predicted octanol–water partition coefficient (Wildman–Crippen LogP) is 4.43. The van der Waals surface area contributed by atoms with Crippen LogP contribution in [0.3, 0.4) is 0 Å². The van der Waals surface area contributed by atoms with E-state index in [1.165, 1.54) is 12.1 Å². The zero-order valence-electron chi connectivity index (χ0n) is 12.6. The summed E-state index contributed by atoms with van der Waals surface area (Å²) in [6.45, 7) is 0. The quantitative estimate of drug-likeness (QED) is 0.538. The van der Waals surface area contributed by atoms with Crippen LogP contribution in [0.5, 0.6) is 0 Å². The Morgan fingerprint density at radius 3 is 2.68 bits per heavy atom. The molecule has 3 aromatic rings. The zero-order valence-corrected chi connectivity index (χ0v) is 14.1. The Kier molecular flexibility index (Phi) is 4.78. The SMILES string of the molecule is Nc1[nH]nc(Nc2cccc(Cl)c2)c1C(=O)Nc1ccc(F)c(Cl)c1. The Bertz CT molecular complexity index is 944. The van der Waals surface area contributed by atoms with Gasteiger partial charge in [0.15, 0.2) is 5.82 Å². The first kappa shape index (κ1) is 17.1. The van der Waals surface area contributed by atoms with Crippen molar-refractivity contribution >= 4 is 52.1 Å². The largest absolute Gasteiger partial charge is 0.383 e. The van der Waals surface area contributed by atoms with Gasteiger partial charge in [0.2, 0.25) is 0 Å². The summed E-state index contributed by atoms with van der Waals surface area (Å²) in [5, 5.41) is 12.5. The van der Waals surface area contributed by atoms with Crippen molar-refractivity contribution in [3.8, 4) is 0 Å². The molecular weight excluding hydrogens is 368 g/mol. The fourth-order valence-corrected chi connectivity index (χ4v) is 2.52. The van der Waals surface area contributed by atoms with Crippen LogP contribution in [-0.2, 0) is 0 Å². The van der Waals surface area contributed by atoms with Gasteiger partial charge in [0.05, 0.1) is 5.02 Å². The van der Waals surface area contributed by atoms with Gasteiger partial charge in [0, 0.05) is 16.4 Å². The second-order valence-corrected chi connectivity index (χ2v) is 5.92. The maximum atomic E-state index is 13.2. The molecule has 0 radical (unpaired) electrons. The van der Waals surface area contributed by atoms with Crippen LogP contribution in [0.25, 0.3) is 0 Å². The van der Waals surface area contributed by atoms with Crippen molar-refractivity contribution in [2.75, 3.05) is 16.4 Å². The molecule has 128 valence electrons. The van der Waals surface area contributed by atoms with E-state index in [1.807, 2.05) is 0 Å². The summed E-state index contributed by atoms with van der Waals surface area (Å²) in [5.41, 5.74) is 6.88. The van der Waals surface area contributed by atoms with Gasteiger partial charge in [-0.25, -0.2) is 4.39 Å². The van der Waals surface area contributed by atoms with Gasteiger partial charge in [0.1, 0.15) is 17.2 Å². The van der Waals surface area contributed by atoms with E-state index >= 15 is 0 Å². The minimum atomic E-state index is -0.578. The van der Waals surface area contributed by atoms with Gasteiger partial charge in [-0.1, -0.05) is 29.3 Å². The predicted molar refractivity (Wildman–Crippen MR) is 97.1 cm³/mol. The number of nitrogens with one attached hydrogen (secondary N) is 3. The van der Waals surface area contributed by atoms with E-state index in [-0.39, 0.29) is 22.2 Å². The van der Waals surface area contributed by atoms with Crippen LogP contribution >= 0.6 is 23.2 Å². The molecule has 1 aromatic heterocycles. The van der Waals surface area contributed by atoms with Gasteiger partial charge in [-0.05, 0) is 36.4 Å². The van der Waals surface area contributed by atoms with Crippen molar-refractivity contribution < 1.29 is 9.18 Å². The van der Waals surface area contributed by atoms with Crippen molar-refractivity contribution in [3.63, 3.8) is 0 Å². The number of H-pyrrole nitrogens is 1. The normalized spacial score (nSPS) is 10.5. The highest BCUT2D eigenvalue weighted by Crippen LogP contribution is 2.26. The van der Waals surface area contributed by atoms with Gasteiger partial charge in [-0.15, -0.1) is 0 Å². The number of benzene rings is 2. The van der Waals surface area contributed by atoms with Crippen LogP contribution < -0.4 is 16.4 Å². The van der Waals surface area contributed by atoms with E-state index in [1.54, 1.807) is 24.3 Å². The van der Waals surface area contributed by atoms with E-state index in [4.69, 9.17) is 28.9 Å². The van der Waals surface area contributed by atoms with E-state index < -0.39 is 11.7 Å². The number of carbonyl (C=O) groups excluding carboxylic acids is 1. The number of nitrogens with zero attached hydrogens (tertiary/aromatic N) is 1. The zero-order chi connectivity index (χ0) is 18.0. The third kappa shape index (κ3) is 3.84. The summed E-state index contributed by atoms with van der Waals surface area (Å²) < 4.78 is 13.2. The van der Waals surface area contributed by atoms with Gasteiger partial charge >= 0.3 is 0 Å². The van der Waals surface area contributed by atoms with Crippen molar-refractivity contribution in [1.29, 1.82) is 0 Å². The van der Waals surface area contributed by atoms with Crippen LogP contribution in [0.2, 0.25) is 10.0 Å². The Hall–Kier alpha value is -2.77. The molecular formula is C16H12Cl2FN5O. The molecule has 3 rings (SSSR count). The molecule has 6 nitrogen and oxygen atoms in total. The van der Waals surface area contributed by atoms with E-state index in [9.17, 15) is 9.18 Å². The van der Waals surface area contributed by atoms with Crippen molar-refractivity contribution in [2.45, 2.75) is 0 Å². The van der Waals surface area contributed by atoms with Gasteiger partial charge in [-0.3, -0.25) is 9.89 Å². The van der Waals surface area contributed by atoms with Gasteiger partial charge in [0.25, 0.3) is 5.91 Å². The molecule has 0 saturated carbocycles. The average molecular weight is 380 g/mol. The van der Waals surface area contributed by atoms with Crippen LogP contribution in [0.1, 0.15) is 10.4 Å². The van der Waals surface area contributed by atoms with E-state index in [0.29, 0.717) is 16.4 Å². The Labute approximate surface area is 152 Å². The molecule has 0 fully saturated rings. The standard InChI is InChI=1S/C16H12Cl2FN5O/c17-8-2-1-3-9(6-8)21-15-13(14(20)23-24-15)16(25)22-10-4-5-12(19)11(18)7-10/h1-7H,(H,22,25)(H4,20,21,23,24). The van der Waals surface area contributed by atoms with Crippen molar-refractivity contribution in [2.24, 2.45) is 0 Å². The average Bonchev–Trinajstić information content (AvgIpc) is 2.91. The fraction of sp³-hybridized carbons (Fsp3) is 0. The lowest BCUT2D eigenvalue weighted by Gasteiger charge is -2.09. The molecule has 0 aliphatic rings. The number of hydrogen-bond acceptors (Lipinski definition) is 4. The number of aromatic amines is 1. The minimum Gasteiger partial charge on any atom is -0.383 e. The molecule has 0 bridgehead atoms. The summed E-state index contributed by atoms with van der Waals surface area (Å²) >= 11 is 11.7. The summed E-state index contributed by atoms with van der Waals surface area (Å²) in [6.07, 6.45) is 0. The van der Waals surface area contributed by atoms with Gasteiger partial charge in [-0.2, -0.15) is 5.10 Å². The number of nitrogen functional groups attached to an aromatic ring is 1. The summed E-state index contributed by atoms with van der Waals surface area (Å²) in [4.78, 5) is 12.5. The maximum Gasteiger partial charge on any atom is 0.263 e. The topological polar surface area (TPSA) is 95.8 Å². The molecule has 0 aliphatic heterocycles. The van der Waals surface area contributed by atoms with Crippen LogP contribution in [0, 0.1) is 5.82 Å². The first-order valence-corrected chi connectivity index (χ1v) is 7.82. The number of nitrogens with two attached hydrogens (primary N) is 1. The number of aromatic nitrogens is 2. The Balaban J connectivity index is 1.85. The highest BCUT2D eigenvalue weighted by atomic mass is 35.5. The maximum absolute atomic E-state index is 13.2. The summed E-state index contributed by atoms with van der Waals surface area (Å²) in [5.74, 6) is -0.801. The fourth-order valence-electron chi connectivity index (χ4n) is 2.15. The van der Waals surface area contributed by atoms with E-state index in [0.717, 1.165) is 6.07 Å². The highest BCUT2D eigenvalue weighted by Gasteiger charge is 2.20. The summed E-state index contributed by atoms with van der Waals surface area (Å²) in [6, 6.07) is 10.8. The molecule has 1 amide bonds. The first-order chi connectivity index (χ1) is 11.9. The molecule has 0 spiro atoms. The van der Waals surface area contributed by atoms with Gasteiger partial charge < -0.3 is 16.4 Å². The number of anilines is 4. The third-order valence-corrected chi connectivity index (χ3v) is 3.81. The second-order valence-electron chi connectivity index (χ2n) is 5.08. The number of carbonyl (C=O) groups is 1. The Morgan fingerprint density at radius 2 is 1.96 bits per heavy atom.